The van der Waals surface area contributed by atoms with Crippen molar-refractivity contribution in [2.75, 3.05) is 6.54 Å². The smallest absolute Gasteiger partial charge is 0.347 e. The monoisotopic (exact) mass is 254 g/mol. The van der Waals surface area contributed by atoms with Crippen LogP contribution in [-0.4, -0.2) is 22.6 Å². The number of carboxylic acids is 1. The van der Waals surface area contributed by atoms with Crippen molar-refractivity contribution in [3.05, 3.63) is 15.6 Å². The lowest BCUT2D eigenvalue weighted by atomic mass is 10.1. The number of carboxylic acid groups (broad SMARTS) is 1. The van der Waals surface area contributed by atoms with Crippen molar-refractivity contribution >= 4 is 17.3 Å². The zero-order valence-corrected chi connectivity index (χ0v) is 11.0. The second kappa shape index (κ2) is 5.14. The van der Waals surface area contributed by atoms with E-state index >= 15 is 0 Å². The molecule has 1 aliphatic rings. The molecule has 0 spiro atoms. The SMILES string of the molecule is CC(C)c1nc(C2CCCCN2)sc1C(=O)O. The molecule has 1 aromatic rings. The Morgan fingerprint density at radius 1 is 1.53 bits per heavy atom. The molecule has 94 valence electrons. The maximum absolute atomic E-state index is 11.2. The molecular formula is C12H18N2O2S. The minimum absolute atomic E-state index is 0.162. The minimum Gasteiger partial charge on any atom is -0.477 e. The summed E-state index contributed by atoms with van der Waals surface area (Å²) in [7, 11) is 0. The van der Waals surface area contributed by atoms with Crippen molar-refractivity contribution in [3.63, 3.8) is 0 Å². The van der Waals surface area contributed by atoms with Crippen LogP contribution in [0.25, 0.3) is 0 Å². The summed E-state index contributed by atoms with van der Waals surface area (Å²) in [6.07, 6.45) is 3.45. The summed E-state index contributed by atoms with van der Waals surface area (Å²) < 4.78 is 0. The van der Waals surface area contributed by atoms with Crippen LogP contribution in [-0.2, 0) is 0 Å². The first-order chi connectivity index (χ1) is 8.09. The van der Waals surface area contributed by atoms with E-state index in [0.29, 0.717) is 4.88 Å². The van der Waals surface area contributed by atoms with Gasteiger partial charge in [0.05, 0.1) is 11.7 Å². The molecule has 17 heavy (non-hydrogen) atoms. The van der Waals surface area contributed by atoms with Gasteiger partial charge in [0.1, 0.15) is 9.88 Å². The lowest BCUT2D eigenvalue weighted by Gasteiger charge is -2.21. The van der Waals surface area contributed by atoms with Crippen LogP contribution >= 0.6 is 11.3 Å². The van der Waals surface area contributed by atoms with E-state index in [4.69, 9.17) is 0 Å². The van der Waals surface area contributed by atoms with Gasteiger partial charge in [-0.3, -0.25) is 0 Å². The first kappa shape index (κ1) is 12.5. The molecule has 0 saturated carbocycles. The van der Waals surface area contributed by atoms with Gasteiger partial charge in [0.2, 0.25) is 0 Å². The van der Waals surface area contributed by atoms with Crippen LogP contribution in [0.5, 0.6) is 0 Å². The van der Waals surface area contributed by atoms with Crippen molar-refractivity contribution in [1.82, 2.24) is 10.3 Å². The highest BCUT2D eigenvalue weighted by molar-refractivity contribution is 7.13. The molecule has 4 nitrogen and oxygen atoms in total. The third kappa shape index (κ3) is 2.66. The van der Waals surface area contributed by atoms with Crippen molar-refractivity contribution in [3.8, 4) is 0 Å². The van der Waals surface area contributed by atoms with Gasteiger partial charge < -0.3 is 10.4 Å². The summed E-state index contributed by atoms with van der Waals surface area (Å²) in [5, 5.41) is 13.5. The number of thiazole rings is 1. The number of piperidine rings is 1. The molecule has 1 aromatic heterocycles. The zero-order valence-electron chi connectivity index (χ0n) is 10.2. The van der Waals surface area contributed by atoms with Gasteiger partial charge in [-0.1, -0.05) is 20.3 Å². The van der Waals surface area contributed by atoms with Crippen LogP contribution in [0, 0.1) is 0 Å². The molecule has 1 fully saturated rings. The Kier molecular flexibility index (Phi) is 3.79. The fourth-order valence-electron chi connectivity index (χ4n) is 2.11. The van der Waals surface area contributed by atoms with Crippen molar-refractivity contribution in [1.29, 1.82) is 0 Å². The van der Waals surface area contributed by atoms with Crippen LogP contribution < -0.4 is 5.32 Å². The van der Waals surface area contributed by atoms with Crippen molar-refractivity contribution in [2.24, 2.45) is 0 Å². The van der Waals surface area contributed by atoms with E-state index in [0.717, 1.165) is 23.7 Å². The molecule has 0 amide bonds. The maximum Gasteiger partial charge on any atom is 0.347 e. The third-order valence-corrected chi connectivity index (χ3v) is 4.19. The fraction of sp³-hybridized carbons (Fsp3) is 0.667. The van der Waals surface area contributed by atoms with Crippen LogP contribution in [0.4, 0.5) is 0 Å². The average molecular weight is 254 g/mol. The summed E-state index contributed by atoms with van der Waals surface area (Å²) in [5.41, 5.74) is 0.727. The maximum atomic E-state index is 11.2. The first-order valence-corrected chi connectivity index (χ1v) is 6.88. The van der Waals surface area contributed by atoms with E-state index in [1.807, 2.05) is 13.8 Å². The standard InChI is InChI=1S/C12H18N2O2S/c1-7(2)9-10(12(15)16)17-11(14-9)8-5-3-4-6-13-8/h7-8,13H,3-6H2,1-2H3,(H,15,16). The van der Waals surface area contributed by atoms with Gasteiger partial charge in [-0.25, -0.2) is 9.78 Å². The average Bonchev–Trinajstić information content (AvgIpc) is 2.75. The van der Waals surface area contributed by atoms with Crippen molar-refractivity contribution in [2.45, 2.75) is 45.1 Å². The molecule has 2 heterocycles. The van der Waals surface area contributed by atoms with Gasteiger partial charge in [-0.2, -0.15) is 0 Å². The molecule has 1 aliphatic heterocycles. The van der Waals surface area contributed by atoms with Crippen molar-refractivity contribution < 1.29 is 9.90 Å². The molecule has 1 saturated heterocycles. The number of carbonyl (C=O) groups is 1. The van der Waals surface area contributed by atoms with Gasteiger partial charge >= 0.3 is 5.97 Å². The number of nitrogens with zero attached hydrogens (tertiary/aromatic N) is 1. The number of aromatic carboxylic acids is 1. The van der Waals surface area contributed by atoms with E-state index in [2.05, 4.69) is 10.3 Å². The topological polar surface area (TPSA) is 62.2 Å². The van der Waals surface area contributed by atoms with Crippen LogP contribution in [0.15, 0.2) is 0 Å². The molecule has 0 bridgehead atoms. The number of hydrogen-bond acceptors (Lipinski definition) is 4. The predicted octanol–water partition coefficient (Wildman–Crippen LogP) is 2.78. The number of aromatic nitrogens is 1. The Bertz CT molecular complexity index is 409. The van der Waals surface area contributed by atoms with E-state index in [9.17, 15) is 9.90 Å². The molecule has 1 atom stereocenters. The highest BCUT2D eigenvalue weighted by Crippen LogP contribution is 2.31. The normalized spacial score (nSPS) is 20.8. The summed E-state index contributed by atoms with van der Waals surface area (Å²) in [6.45, 7) is 4.98. The van der Waals surface area contributed by atoms with Gasteiger partial charge in [0, 0.05) is 0 Å². The van der Waals surface area contributed by atoms with E-state index in [1.54, 1.807) is 0 Å². The summed E-state index contributed by atoms with van der Waals surface area (Å²) >= 11 is 1.33. The Morgan fingerprint density at radius 2 is 2.29 bits per heavy atom. The molecule has 2 rings (SSSR count). The number of nitrogens with one attached hydrogen (secondary N) is 1. The fourth-order valence-corrected chi connectivity index (χ4v) is 3.28. The zero-order chi connectivity index (χ0) is 12.4. The molecule has 5 heteroatoms. The Morgan fingerprint density at radius 3 is 2.76 bits per heavy atom. The van der Waals surface area contributed by atoms with Crippen LogP contribution in [0.3, 0.4) is 0 Å². The van der Waals surface area contributed by atoms with E-state index < -0.39 is 5.97 Å². The summed E-state index contributed by atoms with van der Waals surface area (Å²) in [6, 6.07) is 0.249. The highest BCUT2D eigenvalue weighted by atomic mass is 32.1. The van der Waals surface area contributed by atoms with Crippen LogP contribution in [0.2, 0.25) is 0 Å². The second-order valence-corrected chi connectivity index (χ2v) is 5.76. The molecule has 0 aliphatic carbocycles. The van der Waals surface area contributed by atoms with Crippen LogP contribution in [0.1, 0.15) is 65.4 Å². The van der Waals surface area contributed by atoms with Gasteiger partial charge in [-0.05, 0) is 25.3 Å². The molecule has 0 radical (unpaired) electrons. The number of hydrogen-bond donors (Lipinski definition) is 2. The molecule has 2 N–H and O–H groups in total. The number of rotatable bonds is 3. The minimum atomic E-state index is -0.853. The predicted molar refractivity (Wildman–Crippen MR) is 67.8 cm³/mol. The van der Waals surface area contributed by atoms with Gasteiger partial charge in [0.25, 0.3) is 0 Å². The summed E-state index contributed by atoms with van der Waals surface area (Å²) in [4.78, 5) is 16.1. The Balaban J connectivity index is 2.29. The van der Waals surface area contributed by atoms with E-state index in [-0.39, 0.29) is 12.0 Å². The van der Waals surface area contributed by atoms with Gasteiger partial charge in [0.15, 0.2) is 0 Å². The Hall–Kier alpha value is -0.940. The second-order valence-electron chi connectivity index (χ2n) is 4.73. The largest absolute Gasteiger partial charge is 0.477 e. The Labute approximate surface area is 105 Å². The lowest BCUT2D eigenvalue weighted by molar-refractivity contribution is 0.0700. The highest BCUT2D eigenvalue weighted by Gasteiger charge is 2.24. The molecular weight excluding hydrogens is 236 g/mol. The summed E-state index contributed by atoms with van der Waals surface area (Å²) in [5.74, 6) is -0.692. The molecule has 0 aromatic carbocycles. The van der Waals surface area contributed by atoms with Gasteiger partial charge in [-0.15, -0.1) is 11.3 Å². The van der Waals surface area contributed by atoms with E-state index in [1.165, 1.54) is 24.2 Å². The quantitative estimate of drug-likeness (QED) is 0.870. The first-order valence-electron chi connectivity index (χ1n) is 6.07. The molecule has 1 unspecified atom stereocenters. The lowest BCUT2D eigenvalue weighted by Crippen LogP contribution is -2.26. The third-order valence-electron chi connectivity index (χ3n) is 3.02.